The Balaban J connectivity index is 1.96. The van der Waals surface area contributed by atoms with Crippen molar-refractivity contribution in [3.8, 4) is 11.3 Å². The molecule has 3 rings (SSSR count). The minimum absolute atomic E-state index is 0.145. The van der Waals surface area contributed by atoms with Crippen LogP contribution in [0, 0.1) is 0 Å². The lowest BCUT2D eigenvalue weighted by Crippen LogP contribution is -2.28. The first kappa shape index (κ1) is 14.1. The Labute approximate surface area is 125 Å². The molecule has 1 aromatic carbocycles. The third-order valence-corrected chi connectivity index (χ3v) is 3.93. The molecule has 1 aromatic heterocycles. The highest BCUT2D eigenvalue weighted by atomic mass is 16.1. The highest BCUT2D eigenvalue weighted by molar-refractivity contribution is 5.59. The lowest BCUT2D eigenvalue weighted by molar-refractivity contribution is 0.632. The molecule has 1 fully saturated rings. The first-order valence-corrected chi connectivity index (χ1v) is 7.81. The maximum absolute atomic E-state index is 12.7. The highest BCUT2D eigenvalue weighted by Crippen LogP contribution is 2.20. The molecule has 0 saturated heterocycles. The number of pyridine rings is 1. The van der Waals surface area contributed by atoms with Gasteiger partial charge in [0.1, 0.15) is 0 Å². The molecule has 0 atom stereocenters. The van der Waals surface area contributed by atoms with Crippen LogP contribution in [-0.2, 0) is 13.1 Å². The van der Waals surface area contributed by atoms with Crippen molar-refractivity contribution in [2.24, 2.45) is 0 Å². The third kappa shape index (κ3) is 3.24. The van der Waals surface area contributed by atoms with Crippen molar-refractivity contribution in [3.05, 3.63) is 58.4 Å². The fourth-order valence-electron chi connectivity index (χ4n) is 2.61. The van der Waals surface area contributed by atoms with Crippen LogP contribution in [0.15, 0.2) is 47.3 Å². The van der Waals surface area contributed by atoms with Crippen LogP contribution in [0.4, 0.5) is 0 Å². The smallest absolute Gasteiger partial charge is 0.255 e. The number of aromatic nitrogens is 1. The summed E-state index contributed by atoms with van der Waals surface area (Å²) in [6.07, 6.45) is 3.44. The summed E-state index contributed by atoms with van der Waals surface area (Å²) in [6, 6.07) is 14.8. The molecular weight excluding hydrogens is 260 g/mol. The van der Waals surface area contributed by atoms with Crippen molar-refractivity contribution in [2.75, 3.05) is 0 Å². The Morgan fingerprint density at radius 1 is 1.14 bits per heavy atom. The van der Waals surface area contributed by atoms with E-state index in [1.54, 1.807) is 0 Å². The van der Waals surface area contributed by atoms with E-state index < -0.39 is 0 Å². The standard InChI is InChI=1S/C18H22N2O/c1-2-12-20-17(14-6-4-3-5-7-14)11-8-15(18(20)21)13-19-16-9-10-16/h3-8,11,16,19H,2,9-10,12-13H2,1H3. The topological polar surface area (TPSA) is 34.0 Å². The van der Waals surface area contributed by atoms with Gasteiger partial charge in [-0.15, -0.1) is 0 Å². The molecule has 0 aliphatic heterocycles. The molecule has 1 heterocycles. The molecule has 1 saturated carbocycles. The van der Waals surface area contributed by atoms with Gasteiger partial charge in [0.05, 0.1) is 5.69 Å². The van der Waals surface area contributed by atoms with Gasteiger partial charge in [0.25, 0.3) is 5.56 Å². The van der Waals surface area contributed by atoms with Crippen LogP contribution in [0.25, 0.3) is 11.3 Å². The average molecular weight is 282 g/mol. The van der Waals surface area contributed by atoms with Crippen LogP contribution in [-0.4, -0.2) is 10.6 Å². The molecule has 21 heavy (non-hydrogen) atoms. The molecule has 2 aromatic rings. The van der Waals surface area contributed by atoms with Crippen molar-refractivity contribution in [1.82, 2.24) is 9.88 Å². The SMILES string of the molecule is CCCn1c(-c2ccccc2)ccc(CNC2CC2)c1=O. The fourth-order valence-corrected chi connectivity index (χ4v) is 2.61. The van der Waals surface area contributed by atoms with Crippen molar-refractivity contribution in [1.29, 1.82) is 0 Å². The Bertz CT molecular complexity index is 657. The molecule has 1 aliphatic rings. The summed E-state index contributed by atoms with van der Waals surface area (Å²) in [5.41, 5.74) is 3.13. The van der Waals surface area contributed by atoms with E-state index in [0.717, 1.165) is 29.8 Å². The van der Waals surface area contributed by atoms with Crippen LogP contribution in [0.2, 0.25) is 0 Å². The Morgan fingerprint density at radius 2 is 1.90 bits per heavy atom. The number of hydrogen-bond acceptors (Lipinski definition) is 2. The molecule has 1 N–H and O–H groups in total. The van der Waals surface area contributed by atoms with Crippen molar-refractivity contribution < 1.29 is 0 Å². The average Bonchev–Trinajstić information content (AvgIpc) is 3.33. The van der Waals surface area contributed by atoms with Crippen molar-refractivity contribution >= 4 is 0 Å². The third-order valence-electron chi connectivity index (χ3n) is 3.93. The number of nitrogens with zero attached hydrogens (tertiary/aromatic N) is 1. The fraction of sp³-hybridized carbons (Fsp3) is 0.389. The summed E-state index contributed by atoms with van der Waals surface area (Å²) in [5, 5.41) is 3.43. The van der Waals surface area contributed by atoms with Crippen LogP contribution >= 0.6 is 0 Å². The summed E-state index contributed by atoms with van der Waals surface area (Å²) in [5.74, 6) is 0. The number of rotatable bonds is 6. The van der Waals surface area contributed by atoms with Crippen molar-refractivity contribution in [2.45, 2.75) is 45.3 Å². The minimum atomic E-state index is 0.145. The van der Waals surface area contributed by atoms with Crippen molar-refractivity contribution in [3.63, 3.8) is 0 Å². The van der Waals surface area contributed by atoms with E-state index in [1.165, 1.54) is 12.8 Å². The van der Waals surface area contributed by atoms with E-state index in [0.29, 0.717) is 12.6 Å². The minimum Gasteiger partial charge on any atom is -0.310 e. The van der Waals surface area contributed by atoms with E-state index in [2.05, 4.69) is 30.4 Å². The highest BCUT2D eigenvalue weighted by Gasteiger charge is 2.20. The first-order chi connectivity index (χ1) is 10.3. The molecule has 0 bridgehead atoms. The molecule has 1 aliphatic carbocycles. The maximum Gasteiger partial charge on any atom is 0.255 e. The van der Waals surface area contributed by atoms with E-state index in [1.807, 2.05) is 28.8 Å². The summed E-state index contributed by atoms with van der Waals surface area (Å²) >= 11 is 0. The van der Waals surface area contributed by atoms with Gasteiger partial charge in [0.15, 0.2) is 0 Å². The van der Waals surface area contributed by atoms with E-state index in [-0.39, 0.29) is 5.56 Å². The first-order valence-electron chi connectivity index (χ1n) is 7.81. The zero-order valence-electron chi connectivity index (χ0n) is 12.5. The van der Waals surface area contributed by atoms with E-state index in [9.17, 15) is 4.79 Å². The Hall–Kier alpha value is -1.87. The van der Waals surface area contributed by atoms with E-state index in [4.69, 9.17) is 0 Å². The van der Waals surface area contributed by atoms with Gasteiger partial charge >= 0.3 is 0 Å². The number of benzene rings is 1. The molecule has 110 valence electrons. The molecule has 0 spiro atoms. The quantitative estimate of drug-likeness (QED) is 0.883. The van der Waals surface area contributed by atoms with Gasteiger partial charge < -0.3 is 9.88 Å². The number of hydrogen-bond donors (Lipinski definition) is 1. The van der Waals surface area contributed by atoms with E-state index >= 15 is 0 Å². The lowest BCUT2D eigenvalue weighted by atomic mass is 10.1. The van der Waals surface area contributed by atoms with Gasteiger partial charge in [-0.25, -0.2) is 0 Å². The molecule has 0 amide bonds. The van der Waals surface area contributed by atoms with Gasteiger partial charge in [-0.3, -0.25) is 4.79 Å². The zero-order valence-corrected chi connectivity index (χ0v) is 12.5. The van der Waals surface area contributed by atoms with Gasteiger partial charge in [0.2, 0.25) is 0 Å². The van der Waals surface area contributed by atoms with Crippen LogP contribution in [0.3, 0.4) is 0 Å². The Morgan fingerprint density at radius 3 is 2.57 bits per heavy atom. The monoisotopic (exact) mass is 282 g/mol. The summed E-state index contributed by atoms with van der Waals surface area (Å²) in [7, 11) is 0. The molecular formula is C18H22N2O. The normalized spacial score (nSPS) is 14.3. The van der Waals surface area contributed by atoms with Gasteiger partial charge in [0, 0.05) is 24.7 Å². The summed E-state index contributed by atoms with van der Waals surface area (Å²) < 4.78 is 1.92. The second kappa shape index (κ2) is 6.27. The van der Waals surface area contributed by atoms with Crippen LogP contribution < -0.4 is 10.9 Å². The Kier molecular flexibility index (Phi) is 4.20. The molecule has 0 unspecified atom stereocenters. The number of nitrogens with one attached hydrogen (secondary N) is 1. The summed E-state index contributed by atoms with van der Waals surface area (Å²) in [4.78, 5) is 12.7. The van der Waals surface area contributed by atoms with Crippen LogP contribution in [0.5, 0.6) is 0 Å². The second-order valence-electron chi connectivity index (χ2n) is 5.72. The van der Waals surface area contributed by atoms with Gasteiger partial charge in [-0.05, 0) is 30.9 Å². The summed E-state index contributed by atoms with van der Waals surface area (Å²) in [6.45, 7) is 3.55. The van der Waals surface area contributed by atoms with Gasteiger partial charge in [-0.1, -0.05) is 43.3 Å². The second-order valence-corrected chi connectivity index (χ2v) is 5.72. The zero-order chi connectivity index (χ0) is 14.7. The predicted molar refractivity (Wildman–Crippen MR) is 86.3 cm³/mol. The largest absolute Gasteiger partial charge is 0.310 e. The predicted octanol–water partition coefficient (Wildman–Crippen LogP) is 3.18. The maximum atomic E-state index is 12.7. The lowest BCUT2D eigenvalue weighted by Gasteiger charge is -2.14. The van der Waals surface area contributed by atoms with Crippen LogP contribution in [0.1, 0.15) is 31.7 Å². The molecule has 3 heteroatoms. The van der Waals surface area contributed by atoms with Gasteiger partial charge in [-0.2, -0.15) is 0 Å². The molecule has 0 radical (unpaired) electrons. The molecule has 3 nitrogen and oxygen atoms in total.